The molecule has 1 heterocycles. The average Bonchev–Trinajstić information content (AvgIpc) is 2.82. The molecular weight excluding hydrogens is 280 g/mol. The molecule has 0 N–H and O–H groups in total. The van der Waals surface area contributed by atoms with Gasteiger partial charge < -0.3 is 18.8 Å². The second-order valence-electron chi connectivity index (χ2n) is 4.51. The molecule has 0 saturated heterocycles. The lowest BCUT2D eigenvalue weighted by molar-refractivity contribution is 0.103. The molecule has 0 aliphatic rings. The number of benzene rings is 1. The highest BCUT2D eigenvalue weighted by Crippen LogP contribution is 2.32. The zero-order valence-electron chi connectivity index (χ0n) is 12.1. The van der Waals surface area contributed by atoms with Crippen molar-refractivity contribution in [2.24, 2.45) is 0 Å². The zero-order chi connectivity index (χ0) is 14.7. The molecule has 5 nitrogen and oxygen atoms in total. The fourth-order valence-electron chi connectivity index (χ4n) is 2.14. The predicted molar refractivity (Wildman–Crippen MR) is 78.9 cm³/mol. The van der Waals surface area contributed by atoms with Crippen molar-refractivity contribution in [3.05, 3.63) is 18.0 Å². The molecule has 0 aliphatic carbocycles. The smallest absolute Gasteiger partial charge is 0.163 e. The Bertz CT molecular complexity index is 598. The number of rotatable bonds is 6. The minimum atomic E-state index is 0.0717. The maximum atomic E-state index is 5.99. The molecule has 110 valence electrons. The van der Waals surface area contributed by atoms with Crippen LogP contribution in [-0.2, 0) is 17.2 Å². The van der Waals surface area contributed by atoms with Crippen molar-refractivity contribution in [1.29, 1.82) is 0 Å². The Morgan fingerprint density at radius 3 is 2.40 bits per heavy atom. The van der Waals surface area contributed by atoms with Gasteiger partial charge in [-0.1, -0.05) is 0 Å². The molecular formula is C14H19ClN2O3. The second kappa shape index (κ2) is 6.33. The summed E-state index contributed by atoms with van der Waals surface area (Å²) < 4.78 is 18.0. The molecule has 0 bridgehead atoms. The van der Waals surface area contributed by atoms with E-state index < -0.39 is 0 Å². The van der Waals surface area contributed by atoms with E-state index in [1.165, 1.54) is 0 Å². The molecule has 1 aromatic heterocycles. The van der Waals surface area contributed by atoms with E-state index in [1.807, 2.05) is 19.1 Å². The summed E-state index contributed by atoms with van der Waals surface area (Å²) in [5, 5.41) is 0. The largest absolute Gasteiger partial charge is 0.493 e. The highest BCUT2D eigenvalue weighted by atomic mass is 35.5. The average molecular weight is 299 g/mol. The summed E-state index contributed by atoms with van der Waals surface area (Å²) in [5.41, 5.74) is 1.80. The summed E-state index contributed by atoms with van der Waals surface area (Å²) in [6, 6.07) is 3.78. The molecule has 2 rings (SSSR count). The lowest BCUT2D eigenvalue weighted by Crippen LogP contribution is -2.16. The first-order chi connectivity index (χ1) is 9.64. The molecule has 0 fully saturated rings. The molecule has 20 heavy (non-hydrogen) atoms. The van der Waals surface area contributed by atoms with E-state index >= 15 is 0 Å². The molecule has 1 atom stereocenters. The summed E-state index contributed by atoms with van der Waals surface area (Å²) in [7, 11) is 4.91. The van der Waals surface area contributed by atoms with Gasteiger partial charge in [-0.3, -0.25) is 0 Å². The molecule has 2 aromatic rings. The van der Waals surface area contributed by atoms with Gasteiger partial charge in [-0.25, -0.2) is 4.98 Å². The molecule has 6 heteroatoms. The van der Waals surface area contributed by atoms with E-state index in [0.29, 0.717) is 23.9 Å². The van der Waals surface area contributed by atoms with E-state index in [0.717, 1.165) is 16.9 Å². The summed E-state index contributed by atoms with van der Waals surface area (Å²) in [4.78, 5) is 4.54. The van der Waals surface area contributed by atoms with Crippen molar-refractivity contribution in [3.63, 3.8) is 0 Å². The minimum absolute atomic E-state index is 0.0717. The molecule has 0 radical (unpaired) electrons. The lowest BCUT2D eigenvalue weighted by Gasteiger charge is -2.14. The number of fused-ring (bicyclic) bond motifs is 1. The van der Waals surface area contributed by atoms with Crippen LogP contribution in [0, 0.1) is 0 Å². The van der Waals surface area contributed by atoms with Crippen molar-refractivity contribution in [1.82, 2.24) is 9.55 Å². The Morgan fingerprint density at radius 1 is 1.20 bits per heavy atom. The van der Waals surface area contributed by atoms with Gasteiger partial charge in [0.15, 0.2) is 11.5 Å². The van der Waals surface area contributed by atoms with E-state index in [4.69, 9.17) is 25.8 Å². The summed E-state index contributed by atoms with van der Waals surface area (Å²) in [6.45, 7) is 2.69. The number of methoxy groups -OCH3 is 3. The van der Waals surface area contributed by atoms with Crippen LogP contribution in [0.1, 0.15) is 12.7 Å². The molecule has 1 aromatic carbocycles. The fourth-order valence-corrected chi connectivity index (χ4v) is 2.34. The molecule has 0 saturated carbocycles. The summed E-state index contributed by atoms with van der Waals surface area (Å²) in [5.74, 6) is 2.48. The number of hydrogen-bond donors (Lipinski definition) is 0. The van der Waals surface area contributed by atoms with Gasteiger partial charge in [-0.2, -0.15) is 0 Å². The normalized spacial score (nSPS) is 12.7. The SMILES string of the molecule is COc1cc2nc(CCl)n(CC(C)OC)c2cc1OC. The Hall–Kier alpha value is -1.46. The van der Waals surface area contributed by atoms with Crippen LogP contribution in [0.5, 0.6) is 11.5 Å². The number of imidazole rings is 1. The van der Waals surface area contributed by atoms with E-state index in [2.05, 4.69) is 9.55 Å². The number of hydrogen-bond acceptors (Lipinski definition) is 4. The Balaban J connectivity index is 2.59. The van der Waals surface area contributed by atoms with Crippen molar-refractivity contribution >= 4 is 22.6 Å². The molecule has 1 unspecified atom stereocenters. The van der Waals surface area contributed by atoms with Gasteiger partial charge in [0.25, 0.3) is 0 Å². The van der Waals surface area contributed by atoms with Crippen LogP contribution >= 0.6 is 11.6 Å². The van der Waals surface area contributed by atoms with Crippen LogP contribution < -0.4 is 9.47 Å². The second-order valence-corrected chi connectivity index (χ2v) is 4.78. The monoisotopic (exact) mass is 298 g/mol. The molecule has 0 spiro atoms. The van der Waals surface area contributed by atoms with Crippen LogP contribution in [0.4, 0.5) is 0 Å². The van der Waals surface area contributed by atoms with Crippen LogP contribution in [-0.4, -0.2) is 37.0 Å². The first-order valence-corrected chi connectivity index (χ1v) is 6.87. The summed E-state index contributed by atoms with van der Waals surface area (Å²) >= 11 is 5.99. The number of ether oxygens (including phenoxy) is 3. The molecule has 0 amide bonds. The van der Waals surface area contributed by atoms with Crippen LogP contribution in [0.2, 0.25) is 0 Å². The van der Waals surface area contributed by atoms with Gasteiger partial charge in [0.1, 0.15) is 5.82 Å². The predicted octanol–water partition coefficient (Wildman–Crippen LogP) is 2.83. The first kappa shape index (κ1) is 14.9. The third-order valence-electron chi connectivity index (χ3n) is 3.29. The van der Waals surface area contributed by atoms with Gasteiger partial charge in [0, 0.05) is 19.2 Å². The number of nitrogens with zero attached hydrogens (tertiary/aromatic N) is 2. The Morgan fingerprint density at radius 2 is 1.85 bits per heavy atom. The highest BCUT2D eigenvalue weighted by molar-refractivity contribution is 6.16. The van der Waals surface area contributed by atoms with Crippen molar-refractivity contribution < 1.29 is 14.2 Å². The quantitative estimate of drug-likeness (QED) is 0.769. The third-order valence-corrected chi connectivity index (χ3v) is 3.53. The van der Waals surface area contributed by atoms with Gasteiger partial charge in [-0.05, 0) is 6.92 Å². The summed E-state index contributed by atoms with van der Waals surface area (Å²) in [6.07, 6.45) is 0.0717. The van der Waals surface area contributed by atoms with E-state index in [1.54, 1.807) is 21.3 Å². The zero-order valence-corrected chi connectivity index (χ0v) is 12.9. The number of halogens is 1. The first-order valence-electron chi connectivity index (χ1n) is 6.34. The fraction of sp³-hybridized carbons (Fsp3) is 0.500. The number of aromatic nitrogens is 2. The maximum Gasteiger partial charge on any atom is 0.163 e. The van der Waals surface area contributed by atoms with Gasteiger partial charge >= 0.3 is 0 Å². The van der Waals surface area contributed by atoms with Crippen molar-refractivity contribution in [2.45, 2.75) is 25.5 Å². The Kier molecular flexibility index (Phi) is 4.73. The van der Waals surface area contributed by atoms with Crippen LogP contribution in [0.25, 0.3) is 11.0 Å². The van der Waals surface area contributed by atoms with Crippen LogP contribution in [0.3, 0.4) is 0 Å². The van der Waals surface area contributed by atoms with Gasteiger partial charge in [-0.15, -0.1) is 11.6 Å². The van der Waals surface area contributed by atoms with E-state index in [9.17, 15) is 0 Å². The third kappa shape index (κ3) is 2.69. The maximum absolute atomic E-state index is 5.99. The Labute approximate surface area is 123 Å². The van der Waals surface area contributed by atoms with Crippen molar-refractivity contribution in [3.8, 4) is 11.5 Å². The standard InChI is InChI=1S/C14H19ClN2O3/c1-9(18-2)8-17-11-6-13(20-4)12(19-3)5-10(11)16-14(17)7-15/h5-6,9H,7-8H2,1-4H3. The van der Waals surface area contributed by atoms with Crippen LogP contribution in [0.15, 0.2) is 12.1 Å². The molecule has 0 aliphatic heterocycles. The number of alkyl halides is 1. The lowest BCUT2D eigenvalue weighted by atomic mass is 10.2. The topological polar surface area (TPSA) is 45.5 Å². The minimum Gasteiger partial charge on any atom is -0.493 e. The van der Waals surface area contributed by atoms with Gasteiger partial charge in [0.05, 0.1) is 43.8 Å². The van der Waals surface area contributed by atoms with Gasteiger partial charge in [0.2, 0.25) is 0 Å². The highest BCUT2D eigenvalue weighted by Gasteiger charge is 2.16. The van der Waals surface area contributed by atoms with E-state index in [-0.39, 0.29) is 6.10 Å². The van der Waals surface area contributed by atoms with Crippen molar-refractivity contribution in [2.75, 3.05) is 21.3 Å².